The molecule has 0 heterocycles. The zero-order chi connectivity index (χ0) is 15.5. The summed E-state index contributed by atoms with van der Waals surface area (Å²) in [5.41, 5.74) is 7.91. The maximum absolute atomic E-state index is 12.6. The van der Waals surface area contributed by atoms with E-state index in [2.05, 4.69) is 6.92 Å². The summed E-state index contributed by atoms with van der Waals surface area (Å²) < 4.78 is 26.5. The molecule has 112 valence electrons. The molecule has 0 bridgehead atoms. The van der Waals surface area contributed by atoms with Crippen LogP contribution in [0.3, 0.4) is 0 Å². The predicted molar refractivity (Wildman–Crippen MR) is 86.9 cm³/mol. The van der Waals surface area contributed by atoms with Crippen molar-refractivity contribution in [1.29, 1.82) is 0 Å². The van der Waals surface area contributed by atoms with Gasteiger partial charge in [0.25, 0.3) is 10.0 Å². The Labute approximate surface area is 126 Å². The lowest BCUT2D eigenvalue weighted by Gasteiger charge is -2.21. The van der Waals surface area contributed by atoms with E-state index in [1.807, 2.05) is 12.1 Å². The lowest BCUT2D eigenvalue weighted by atomic mass is 10.1. The number of hydrogen-bond acceptors (Lipinski definition) is 3. The molecule has 0 radical (unpaired) electrons. The molecular formula is C16H20N2O2S. The summed E-state index contributed by atoms with van der Waals surface area (Å²) in [5.74, 6) is 0. The van der Waals surface area contributed by atoms with Gasteiger partial charge in [0, 0.05) is 7.05 Å². The monoisotopic (exact) mass is 304 g/mol. The number of sulfonamides is 1. The summed E-state index contributed by atoms with van der Waals surface area (Å²) in [6, 6.07) is 13.9. The van der Waals surface area contributed by atoms with Crippen molar-refractivity contribution < 1.29 is 8.42 Å². The Balaban J connectivity index is 2.35. The number of hydrogen-bond donors (Lipinski definition) is 1. The van der Waals surface area contributed by atoms with Crippen LogP contribution in [0.15, 0.2) is 53.4 Å². The Morgan fingerprint density at radius 2 is 1.67 bits per heavy atom. The fourth-order valence-electron chi connectivity index (χ4n) is 2.18. The summed E-state index contributed by atoms with van der Waals surface area (Å²) >= 11 is 0. The van der Waals surface area contributed by atoms with Gasteiger partial charge in [-0.3, -0.25) is 4.31 Å². The smallest absolute Gasteiger partial charge is 0.264 e. The topological polar surface area (TPSA) is 63.4 Å². The van der Waals surface area contributed by atoms with Crippen LogP contribution < -0.4 is 10.0 Å². The number of para-hydroxylation sites is 2. The van der Waals surface area contributed by atoms with Gasteiger partial charge >= 0.3 is 0 Å². The number of anilines is 2. The van der Waals surface area contributed by atoms with Crippen molar-refractivity contribution >= 4 is 21.4 Å². The molecule has 0 fully saturated rings. The van der Waals surface area contributed by atoms with Crippen LogP contribution in [0, 0.1) is 0 Å². The van der Waals surface area contributed by atoms with Crippen molar-refractivity contribution in [2.45, 2.75) is 24.7 Å². The highest BCUT2D eigenvalue weighted by atomic mass is 32.2. The standard InChI is InChI=1S/C16H20N2O2S/c1-3-6-13-9-11-14(12-10-13)21(19,20)18(2)16-8-5-4-7-15(16)17/h4-5,7-12H,3,6,17H2,1-2H3. The Kier molecular flexibility index (Phi) is 4.53. The SMILES string of the molecule is CCCc1ccc(S(=O)(=O)N(C)c2ccccc2N)cc1. The maximum Gasteiger partial charge on any atom is 0.264 e. The van der Waals surface area contributed by atoms with Crippen LogP contribution in [0.1, 0.15) is 18.9 Å². The van der Waals surface area contributed by atoms with E-state index in [1.165, 1.54) is 11.4 Å². The highest BCUT2D eigenvalue weighted by molar-refractivity contribution is 7.92. The number of nitrogens with zero attached hydrogens (tertiary/aromatic N) is 1. The number of rotatable bonds is 5. The molecule has 4 nitrogen and oxygen atoms in total. The minimum atomic E-state index is -3.59. The third kappa shape index (κ3) is 3.19. The fourth-order valence-corrected chi connectivity index (χ4v) is 3.40. The van der Waals surface area contributed by atoms with Gasteiger partial charge in [0.05, 0.1) is 16.3 Å². The van der Waals surface area contributed by atoms with Crippen LogP contribution in [0.4, 0.5) is 11.4 Å². The molecule has 2 aromatic carbocycles. The molecule has 2 rings (SSSR count). The van der Waals surface area contributed by atoms with Crippen LogP contribution in [0.25, 0.3) is 0 Å². The summed E-state index contributed by atoms with van der Waals surface area (Å²) in [7, 11) is -2.08. The second kappa shape index (κ2) is 6.18. The van der Waals surface area contributed by atoms with Gasteiger partial charge in [-0.15, -0.1) is 0 Å². The highest BCUT2D eigenvalue weighted by Gasteiger charge is 2.22. The zero-order valence-corrected chi connectivity index (χ0v) is 13.1. The molecule has 0 saturated carbocycles. The maximum atomic E-state index is 12.6. The first kappa shape index (κ1) is 15.4. The van der Waals surface area contributed by atoms with Crippen molar-refractivity contribution in [2.24, 2.45) is 0 Å². The minimum absolute atomic E-state index is 0.271. The van der Waals surface area contributed by atoms with E-state index in [1.54, 1.807) is 36.4 Å². The first-order valence-electron chi connectivity index (χ1n) is 6.89. The van der Waals surface area contributed by atoms with Crippen LogP contribution in [-0.4, -0.2) is 15.5 Å². The van der Waals surface area contributed by atoms with Gasteiger partial charge in [0.1, 0.15) is 0 Å². The van der Waals surface area contributed by atoms with E-state index in [-0.39, 0.29) is 4.90 Å². The number of benzene rings is 2. The molecule has 0 amide bonds. The van der Waals surface area contributed by atoms with Gasteiger partial charge in [-0.2, -0.15) is 0 Å². The molecule has 0 unspecified atom stereocenters. The fraction of sp³-hybridized carbons (Fsp3) is 0.250. The summed E-state index contributed by atoms with van der Waals surface area (Å²) in [6.45, 7) is 2.09. The second-order valence-electron chi connectivity index (χ2n) is 4.93. The molecule has 0 aliphatic carbocycles. The average molecular weight is 304 g/mol. The van der Waals surface area contributed by atoms with Crippen molar-refractivity contribution in [2.75, 3.05) is 17.1 Å². The largest absolute Gasteiger partial charge is 0.397 e. The Hall–Kier alpha value is -2.01. The van der Waals surface area contributed by atoms with E-state index >= 15 is 0 Å². The van der Waals surface area contributed by atoms with E-state index in [4.69, 9.17) is 5.73 Å². The normalized spacial score (nSPS) is 11.3. The quantitative estimate of drug-likeness (QED) is 0.864. The van der Waals surface area contributed by atoms with E-state index in [9.17, 15) is 8.42 Å². The van der Waals surface area contributed by atoms with Crippen molar-refractivity contribution in [1.82, 2.24) is 0 Å². The van der Waals surface area contributed by atoms with Crippen LogP contribution >= 0.6 is 0 Å². The van der Waals surface area contributed by atoms with Gasteiger partial charge in [0.15, 0.2) is 0 Å². The van der Waals surface area contributed by atoms with Crippen LogP contribution in [-0.2, 0) is 16.4 Å². The number of nitrogen functional groups attached to an aromatic ring is 1. The van der Waals surface area contributed by atoms with Crippen molar-refractivity contribution in [3.05, 3.63) is 54.1 Å². The van der Waals surface area contributed by atoms with Gasteiger partial charge in [-0.1, -0.05) is 37.6 Å². The third-order valence-electron chi connectivity index (χ3n) is 3.40. The first-order valence-corrected chi connectivity index (χ1v) is 8.33. The molecule has 2 N–H and O–H groups in total. The minimum Gasteiger partial charge on any atom is -0.397 e. The molecular weight excluding hydrogens is 284 g/mol. The zero-order valence-electron chi connectivity index (χ0n) is 12.3. The van der Waals surface area contributed by atoms with Crippen LogP contribution in [0.5, 0.6) is 0 Å². The molecule has 0 aromatic heterocycles. The molecule has 0 atom stereocenters. The molecule has 21 heavy (non-hydrogen) atoms. The Bertz CT molecular complexity index is 709. The Morgan fingerprint density at radius 3 is 2.24 bits per heavy atom. The molecule has 0 spiro atoms. The molecule has 0 saturated heterocycles. The summed E-state index contributed by atoms with van der Waals surface area (Å²) in [5, 5.41) is 0. The van der Waals surface area contributed by atoms with Gasteiger partial charge in [0.2, 0.25) is 0 Å². The van der Waals surface area contributed by atoms with Gasteiger partial charge in [-0.05, 0) is 36.2 Å². The van der Waals surface area contributed by atoms with E-state index < -0.39 is 10.0 Å². The summed E-state index contributed by atoms with van der Waals surface area (Å²) in [4.78, 5) is 0.271. The average Bonchev–Trinajstić information content (AvgIpc) is 2.48. The highest BCUT2D eigenvalue weighted by Crippen LogP contribution is 2.27. The lowest BCUT2D eigenvalue weighted by Crippen LogP contribution is -2.27. The Morgan fingerprint density at radius 1 is 1.05 bits per heavy atom. The molecule has 0 aliphatic rings. The van der Waals surface area contributed by atoms with E-state index in [0.29, 0.717) is 11.4 Å². The van der Waals surface area contributed by atoms with E-state index in [0.717, 1.165) is 18.4 Å². The number of aryl methyl sites for hydroxylation is 1. The first-order chi connectivity index (χ1) is 9.96. The second-order valence-corrected chi connectivity index (χ2v) is 6.89. The summed E-state index contributed by atoms with van der Waals surface area (Å²) in [6.07, 6.45) is 1.98. The van der Waals surface area contributed by atoms with Gasteiger partial charge < -0.3 is 5.73 Å². The number of nitrogens with two attached hydrogens (primary N) is 1. The predicted octanol–water partition coefficient (Wildman–Crippen LogP) is 3.05. The molecule has 2 aromatic rings. The van der Waals surface area contributed by atoms with Crippen LogP contribution in [0.2, 0.25) is 0 Å². The lowest BCUT2D eigenvalue weighted by molar-refractivity contribution is 0.594. The third-order valence-corrected chi connectivity index (χ3v) is 5.18. The van der Waals surface area contributed by atoms with Gasteiger partial charge in [-0.25, -0.2) is 8.42 Å². The van der Waals surface area contributed by atoms with Crippen molar-refractivity contribution in [3.63, 3.8) is 0 Å². The molecule has 0 aliphatic heterocycles. The molecule has 5 heteroatoms. The van der Waals surface area contributed by atoms with Crippen molar-refractivity contribution in [3.8, 4) is 0 Å².